The van der Waals surface area contributed by atoms with Crippen molar-refractivity contribution in [3.8, 4) is 11.1 Å². The van der Waals surface area contributed by atoms with Crippen LogP contribution in [-0.2, 0) is 0 Å². The van der Waals surface area contributed by atoms with E-state index >= 15 is 0 Å². The second kappa shape index (κ2) is 4.65. The van der Waals surface area contributed by atoms with Crippen LogP contribution < -0.4 is 5.32 Å². The zero-order valence-corrected chi connectivity index (χ0v) is 8.85. The number of halogens is 1. The van der Waals surface area contributed by atoms with E-state index in [9.17, 15) is 9.18 Å². The van der Waals surface area contributed by atoms with Crippen LogP contribution in [0, 0.1) is 5.82 Å². The maximum absolute atomic E-state index is 13.2. The summed E-state index contributed by atoms with van der Waals surface area (Å²) in [5, 5.41) is 11.0. The Morgan fingerprint density at radius 1 is 1.12 bits per heavy atom. The minimum atomic E-state index is -1.17. The molecule has 0 aliphatic carbocycles. The highest BCUT2D eigenvalue weighted by molar-refractivity contribution is 5.90. The van der Waals surface area contributed by atoms with Crippen molar-refractivity contribution in [1.29, 1.82) is 0 Å². The Morgan fingerprint density at radius 2 is 1.82 bits per heavy atom. The molecule has 0 spiro atoms. The quantitative estimate of drug-likeness (QED) is 0.829. The molecular formula is C13H10FNO2. The summed E-state index contributed by atoms with van der Waals surface area (Å²) in [5.74, 6) is -0.403. The van der Waals surface area contributed by atoms with Crippen LogP contribution >= 0.6 is 0 Å². The maximum Gasteiger partial charge on any atom is 0.409 e. The van der Waals surface area contributed by atoms with Gasteiger partial charge in [-0.1, -0.05) is 30.3 Å². The highest BCUT2D eigenvalue weighted by atomic mass is 19.1. The first-order valence-corrected chi connectivity index (χ1v) is 5.02. The molecule has 0 radical (unpaired) electrons. The average Bonchev–Trinajstić information content (AvgIpc) is 2.32. The van der Waals surface area contributed by atoms with Crippen molar-refractivity contribution >= 4 is 11.8 Å². The van der Waals surface area contributed by atoms with Crippen molar-refractivity contribution in [3.63, 3.8) is 0 Å². The van der Waals surface area contributed by atoms with Gasteiger partial charge in [0.15, 0.2) is 0 Å². The van der Waals surface area contributed by atoms with Crippen molar-refractivity contribution in [1.82, 2.24) is 0 Å². The molecule has 0 aromatic heterocycles. The lowest BCUT2D eigenvalue weighted by Gasteiger charge is -2.09. The second-order valence-corrected chi connectivity index (χ2v) is 3.49. The Morgan fingerprint density at radius 3 is 2.47 bits per heavy atom. The third kappa shape index (κ3) is 2.60. The third-order valence-electron chi connectivity index (χ3n) is 2.31. The molecule has 0 atom stereocenters. The lowest BCUT2D eigenvalue weighted by Crippen LogP contribution is -2.08. The Balaban J connectivity index is 2.51. The Hall–Kier alpha value is -2.36. The first kappa shape index (κ1) is 11.1. The largest absolute Gasteiger partial charge is 0.465 e. The molecule has 2 N–H and O–H groups in total. The summed E-state index contributed by atoms with van der Waals surface area (Å²) in [6.07, 6.45) is -1.17. The fourth-order valence-electron chi connectivity index (χ4n) is 1.60. The summed E-state index contributed by atoms with van der Waals surface area (Å²) >= 11 is 0. The van der Waals surface area contributed by atoms with Crippen molar-refractivity contribution in [2.75, 3.05) is 5.32 Å². The number of amides is 1. The molecule has 0 heterocycles. The van der Waals surface area contributed by atoms with Gasteiger partial charge in [0.05, 0.1) is 5.69 Å². The lowest BCUT2D eigenvalue weighted by atomic mass is 10.0. The van der Waals surface area contributed by atoms with Gasteiger partial charge in [-0.3, -0.25) is 5.32 Å². The van der Waals surface area contributed by atoms with E-state index in [2.05, 4.69) is 5.32 Å². The predicted octanol–water partition coefficient (Wildman–Crippen LogP) is 3.58. The van der Waals surface area contributed by atoms with Crippen LogP contribution in [0.4, 0.5) is 14.9 Å². The molecule has 0 unspecified atom stereocenters. The first-order chi connectivity index (χ1) is 8.16. The van der Waals surface area contributed by atoms with Gasteiger partial charge in [0.1, 0.15) is 5.82 Å². The monoisotopic (exact) mass is 231 g/mol. The molecular weight excluding hydrogens is 221 g/mol. The fourth-order valence-corrected chi connectivity index (χ4v) is 1.60. The van der Waals surface area contributed by atoms with Gasteiger partial charge in [-0.05, 0) is 23.8 Å². The molecule has 2 aromatic carbocycles. The summed E-state index contributed by atoms with van der Waals surface area (Å²) in [7, 11) is 0. The Kier molecular flexibility index (Phi) is 3.05. The maximum atomic E-state index is 13.2. The van der Waals surface area contributed by atoms with Crippen LogP contribution in [0.2, 0.25) is 0 Å². The van der Waals surface area contributed by atoms with Crippen LogP contribution in [0.25, 0.3) is 11.1 Å². The van der Waals surface area contributed by atoms with Gasteiger partial charge in [0, 0.05) is 5.56 Å². The molecule has 4 heteroatoms. The summed E-state index contributed by atoms with van der Waals surface area (Å²) in [6.45, 7) is 0. The van der Waals surface area contributed by atoms with E-state index in [1.165, 1.54) is 18.2 Å². The van der Waals surface area contributed by atoms with Crippen LogP contribution in [0.3, 0.4) is 0 Å². The molecule has 2 aromatic rings. The first-order valence-electron chi connectivity index (χ1n) is 5.02. The number of hydrogen-bond acceptors (Lipinski definition) is 1. The molecule has 86 valence electrons. The molecule has 1 amide bonds. The minimum absolute atomic E-state index is 0.366. The SMILES string of the molecule is O=C(O)Nc1ccc(F)cc1-c1ccccc1. The molecule has 0 saturated carbocycles. The summed E-state index contributed by atoms with van der Waals surface area (Å²) in [4.78, 5) is 10.6. The number of carbonyl (C=O) groups is 1. The van der Waals surface area contributed by atoms with Crippen LogP contribution in [0.1, 0.15) is 0 Å². The highest BCUT2D eigenvalue weighted by Crippen LogP contribution is 2.28. The molecule has 0 aliphatic heterocycles. The number of benzene rings is 2. The van der Waals surface area contributed by atoms with E-state index in [0.717, 1.165) is 5.56 Å². The van der Waals surface area contributed by atoms with Crippen molar-refractivity contribution in [2.45, 2.75) is 0 Å². The predicted molar refractivity (Wildman–Crippen MR) is 63.5 cm³/mol. The molecule has 0 bridgehead atoms. The Labute approximate surface area is 97.5 Å². The van der Waals surface area contributed by atoms with Crippen molar-refractivity contribution < 1.29 is 14.3 Å². The van der Waals surface area contributed by atoms with Gasteiger partial charge in [-0.15, -0.1) is 0 Å². The van der Waals surface area contributed by atoms with E-state index in [1.807, 2.05) is 18.2 Å². The Bertz CT molecular complexity index is 540. The van der Waals surface area contributed by atoms with E-state index in [1.54, 1.807) is 12.1 Å². The summed E-state index contributed by atoms with van der Waals surface area (Å²) in [5.41, 5.74) is 1.65. The normalized spacial score (nSPS) is 9.94. The topological polar surface area (TPSA) is 49.3 Å². The number of carboxylic acid groups (broad SMARTS) is 1. The summed E-state index contributed by atoms with van der Waals surface area (Å²) in [6, 6.07) is 13.0. The molecule has 0 fully saturated rings. The van der Waals surface area contributed by atoms with Crippen molar-refractivity contribution in [2.24, 2.45) is 0 Å². The van der Waals surface area contributed by atoms with Crippen LogP contribution in [0.15, 0.2) is 48.5 Å². The standard InChI is InChI=1S/C13H10FNO2/c14-10-6-7-12(15-13(16)17)11(8-10)9-4-2-1-3-5-9/h1-8,15H,(H,16,17). The molecule has 0 aliphatic rings. The van der Waals surface area contributed by atoms with Crippen LogP contribution in [-0.4, -0.2) is 11.2 Å². The van der Waals surface area contributed by atoms with Gasteiger partial charge < -0.3 is 5.11 Å². The second-order valence-electron chi connectivity index (χ2n) is 3.49. The average molecular weight is 231 g/mol. The number of rotatable bonds is 2. The number of nitrogens with one attached hydrogen (secondary N) is 1. The molecule has 0 saturated heterocycles. The highest BCUT2D eigenvalue weighted by Gasteiger charge is 2.08. The molecule has 17 heavy (non-hydrogen) atoms. The van der Waals surface area contributed by atoms with E-state index in [-0.39, 0.29) is 0 Å². The molecule has 3 nitrogen and oxygen atoms in total. The number of anilines is 1. The van der Waals surface area contributed by atoms with E-state index in [0.29, 0.717) is 11.3 Å². The minimum Gasteiger partial charge on any atom is -0.465 e. The lowest BCUT2D eigenvalue weighted by molar-refractivity contribution is 0.210. The fraction of sp³-hybridized carbons (Fsp3) is 0. The zero-order chi connectivity index (χ0) is 12.3. The molecule has 2 rings (SSSR count). The third-order valence-corrected chi connectivity index (χ3v) is 2.31. The van der Waals surface area contributed by atoms with Gasteiger partial charge in [-0.25, -0.2) is 9.18 Å². The van der Waals surface area contributed by atoms with Gasteiger partial charge in [-0.2, -0.15) is 0 Å². The van der Waals surface area contributed by atoms with E-state index in [4.69, 9.17) is 5.11 Å². The summed E-state index contributed by atoms with van der Waals surface area (Å²) < 4.78 is 13.2. The smallest absolute Gasteiger partial charge is 0.409 e. The zero-order valence-electron chi connectivity index (χ0n) is 8.85. The number of hydrogen-bond donors (Lipinski definition) is 2. The van der Waals surface area contributed by atoms with Gasteiger partial charge in [0.25, 0.3) is 0 Å². The van der Waals surface area contributed by atoms with Crippen molar-refractivity contribution in [3.05, 3.63) is 54.3 Å². The van der Waals surface area contributed by atoms with Gasteiger partial charge in [0.2, 0.25) is 0 Å². The van der Waals surface area contributed by atoms with Crippen LogP contribution in [0.5, 0.6) is 0 Å². The van der Waals surface area contributed by atoms with E-state index < -0.39 is 11.9 Å². The van der Waals surface area contributed by atoms with Gasteiger partial charge >= 0.3 is 6.09 Å².